The maximum atomic E-state index is 6.16. The molecule has 0 nitrogen and oxygen atoms in total. The van der Waals surface area contributed by atoms with Crippen molar-refractivity contribution in [3.8, 4) is 0 Å². The van der Waals surface area contributed by atoms with Crippen LogP contribution < -0.4 is 0 Å². The van der Waals surface area contributed by atoms with Crippen LogP contribution in [0.1, 0.15) is 32.8 Å². The van der Waals surface area contributed by atoms with E-state index in [9.17, 15) is 0 Å². The van der Waals surface area contributed by atoms with Crippen LogP contribution >= 0.6 is 35.0 Å². The fraction of sp³-hybridized carbons (Fsp3) is 0.0769. The molecule has 4 aromatic rings. The van der Waals surface area contributed by atoms with Gasteiger partial charge in [0.25, 0.3) is 0 Å². The van der Waals surface area contributed by atoms with Gasteiger partial charge in [0.1, 0.15) is 0 Å². The Hall–Kier alpha value is -2.19. The number of benzene rings is 4. The highest BCUT2D eigenvalue weighted by molar-refractivity contribution is 8.00. The first kappa shape index (κ1) is 20.1. The summed E-state index contributed by atoms with van der Waals surface area (Å²) in [7, 11) is 0. The summed E-state index contributed by atoms with van der Waals surface area (Å²) in [6.07, 6.45) is 0. The van der Waals surface area contributed by atoms with Crippen molar-refractivity contribution in [3.63, 3.8) is 0 Å². The van der Waals surface area contributed by atoms with Crippen molar-refractivity contribution in [2.45, 2.75) is 10.5 Å². The van der Waals surface area contributed by atoms with Gasteiger partial charge in [-0.2, -0.15) is 0 Å². The maximum Gasteiger partial charge on any atom is 0.0556 e. The molecule has 0 bridgehead atoms. The van der Waals surface area contributed by atoms with Gasteiger partial charge in [-0.15, -0.1) is 11.8 Å². The first-order valence-electron chi connectivity index (χ1n) is 9.47. The average molecular weight is 435 g/mol. The molecule has 144 valence electrons. The Morgan fingerprint density at radius 1 is 0.414 bits per heavy atom. The number of hydrogen-bond acceptors (Lipinski definition) is 1. The smallest absolute Gasteiger partial charge is 0.0556 e. The van der Waals surface area contributed by atoms with Crippen molar-refractivity contribution in [2.75, 3.05) is 0 Å². The standard InChI is InChI=1S/C26H20Cl2S/c27-23-15-11-21(12-16-23)25(19-7-3-1-4-8-19)29-26(20-9-5-2-6-10-20)22-13-17-24(28)18-14-22/h1-18,25-26H. The van der Waals surface area contributed by atoms with Crippen LogP contribution in [-0.4, -0.2) is 0 Å². The molecular weight excluding hydrogens is 415 g/mol. The summed E-state index contributed by atoms with van der Waals surface area (Å²) in [6.45, 7) is 0. The highest BCUT2D eigenvalue weighted by Gasteiger charge is 2.23. The van der Waals surface area contributed by atoms with Gasteiger partial charge >= 0.3 is 0 Å². The van der Waals surface area contributed by atoms with Crippen molar-refractivity contribution in [2.24, 2.45) is 0 Å². The molecule has 0 aliphatic heterocycles. The van der Waals surface area contributed by atoms with Gasteiger partial charge in [0.2, 0.25) is 0 Å². The topological polar surface area (TPSA) is 0 Å². The van der Waals surface area contributed by atoms with Gasteiger partial charge in [-0.05, 0) is 46.5 Å². The molecule has 4 rings (SSSR count). The third-order valence-corrected chi connectivity index (χ3v) is 6.96. The Labute approximate surface area is 186 Å². The van der Waals surface area contributed by atoms with Crippen LogP contribution in [0.2, 0.25) is 10.0 Å². The molecule has 0 N–H and O–H groups in total. The quantitative estimate of drug-likeness (QED) is 0.292. The molecule has 0 aliphatic carbocycles. The second kappa shape index (κ2) is 9.54. The minimum atomic E-state index is 0.175. The highest BCUT2D eigenvalue weighted by atomic mass is 35.5. The zero-order valence-electron chi connectivity index (χ0n) is 15.7. The summed E-state index contributed by atoms with van der Waals surface area (Å²) < 4.78 is 0. The van der Waals surface area contributed by atoms with E-state index < -0.39 is 0 Å². The van der Waals surface area contributed by atoms with E-state index in [2.05, 4.69) is 84.9 Å². The van der Waals surface area contributed by atoms with Crippen LogP contribution in [0.4, 0.5) is 0 Å². The van der Waals surface area contributed by atoms with Crippen molar-refractivity contribution < 1.29 is 0 Å². The van der Waals surface area contributed by atoms with Crippen molar-refractivity contribution in [1.82, 2.24) is 0 Å². The molecule has 2 atom stereocenters. The van der Waals surface area contributed by atoms with Crippen LogP contribution in [0, 0.1) is 0 Å². The predicted molar refractivity (Wildman–Crippen MR) is 127 cm³/mol. The SMILES string of the molecule is Clc1ccc(C(SC(c2ccccc2)c2ccc(Cl)cc2)c2ccccc2)cc1. The molecule has 3 heteroatoms. The van der Waals surface area contributed by atoms with Crippen LogP contribution in [0.25, 0.3) is 0 Å². The van der Waals surface area contributed by atoms with E-state index in [1.165, 1.54) is 22.3 Å². The molecule has 29 heavy (non-hydrogen) atoms. The third kappa shape index (κ3) is 5.05. The molecule has 0 saturated heterocycles. The van der Waals surface area contributed by atoms with Gasteiger partial charge in [-0.3, -0.25) is 0 Å². The van der Waals surface area contributed by atoms with Gasteiger partial charge < -0.3 is 0 Å². The summed E-state index contributed by atoms with van der Waals surface area (Å²) >= 11 is 14.2. The summed E-state index contributed by atoms with van der Waals surface area (Å²) in [5, 5.41) is 1.86. The normalized spacial score (nSPS) is 13.0. The monoisotopic (exact) mass is 434 g/mol. The van der Waals surface area contributed by atoms with E-state index in [0.717, 1.165) is 10.0 Å². The summed E-state index contributed by atoms with van der Waals surface area (Å²) in [6, 6.07) is 37.6. The van der Waals surface area contributed by atoms with Crippen molar-refractivity contribution in [3.05, 3.63) is 141 Å². The highest BCUT2D eigenvalue weighted by Crippen LogP contribution is 2.47. The number of rotatable bonds is 6. The van der Waals surface area contributed by atoms with E-state index in [-0.39, 0.29) is 10.5 Å². The fourth-order valence-electron chi connectivity index (χ4n) is 3.37. The Kier molecular flexibility index (Phi) is 6.61. The van der Waals surface area contributed by atoms with E-state index in [1.807, 2.05) is 36.0 Å². The summed E-state index contributed by atoms with van der Waals surface area (Å²) in [4.78, 5) is 0. The molecule has 0 aliphatic rings. The van der Waals surface area contributed by atoms with Gasteiger partial charge in [0.05, 0.1) is 10.5 Å². The van der Waals surface area contributed by atoms with Gasteiger partial charge in [0.15, 0.2) is 0 Å². The minimum absolute atomic E-state index is 0.175. The number of halogens is 2. The lowest BCUT2D eigenvalue weighted by atomic mass is 10.0. The van der Waals surface area contributed by atoms with Crippen molar-refractivity contribution in [1.29, 1.82) is 0 Å². The second-order valence-electron chi connectivity index (χ2n) is 6.82. The number of thioether (sulfide) groups is 1. The van der Waals surface area contributed by atoms with Crippen LogP contribution in [0.3, 0.4) is 0 Å². The minimum Gasteiger partial charge on any atom is -0.136 e. The molecule has 0 radical (unpaired) electrons. The summed E-state index contributed by atoms with van der Waals surface area (Å²) in [5.41, 5.74) is 5.02. The Bertz CT molecular complexity index is 943. The Morgan fingerprint density at radius 2 is 0.724 bits per heavy atom. The van der Waals surface area contributed by atoms with Crippen LogP contribution in [-0.2, 0) is 0 Å². The molecule has 4 aromatic carbocycles. The molecule has 0 heterocycles. The van der Waals surface area contributed by atoms with Crippen LogP contribution in [0.15, 0.2) is 109 Å². The lowest BCUT2D eigenvalue weighted by Crippen LogP contribution is -2.04. The van der Waals surface area contributed by atoms with Gasteiger partial charge in [-0.1, -0.05) is 108 Å². The van der Waals surface area contributed by atoms with E-state index in [4.69, 9.17) is 23.2 Å². The molecule has 0 aromatic heterocycles. The zero-order chi connectivity index (χ0) is 20.1. The third-order valence-electron chi connectivity index (χ3n) is 4.82. The molecule has 0 fully saturated rings. The van der Waals surface area contributed by atoms with Crippen LogP contribution in [0.5, 0.6) is 0 Å². The van der Waals surface area contributed by atoms with E-state index in [0.29, 0.717) is 0 Å². The van der Waals surface area contributed by atoms with Crippen molar-refractivity contribution >= 4 is 35.0 Å². The molecule has 0 saturated carbocycles. The Balaban J connectivity index is 1.77. The zero-order valence-corrected chi connectivity index (χ0v) is 18.0. The largest absolute Gasteiger partial charge is 0.136 e. The van der Waals surface area contributed by atoms with Gasteiger partial charge in [0, 0.05) is 10.0 Å². The lowest BCUT2D eigenvalue weighted by Gasteiger charge is -2.25. The lowest BCUT2D eigenvalue weighted by molar-refractivity contribution is 1.10. The maximum absolute atomic E-state index is 6.16. The van der Waals surface area contributed by atoms with E-state index >= 15 is 0 Å². The molecule has 0 amide bonds. The second-order valence-corrected chi connectivity index (χ2v) is 8.91. The number of hydrogen-bond donors (Lipinski definition) is 0. The van der Waals surface area contributed by atoms with Gasteiger partial charge in [-0.25, -0.2) is 0 Å². The summed E-state index contributed by atoms with van der Waals surface area (Å²) in [5.74, 6) is 0. The molecular formula is C26H20Cl2S. The fourth-order valence-corrected chi connectivity index (χ4v) is 5.15. The Morgan fingerprint density at radius 3 is 1.07 bits per heavy atom. The first-order chi connectivity index (χ1) is 14.2. The molecule has 2 unspecified atom stereocenters. The first-order valence-corrected chi connectivity index (χ1v) is 11.2. The predicted octanol–water partition coefficient (Wildman–Crippen LogP) is 8.61. The average Bonchev–Trinajstić information content (AvgIpc) is 2.77. The molecule has 0 spiro atoms. The van der Waals surface area contributed by atoms with E-state index in [1.54, 1.807) is 0 Å².